The molecule has 6 heteroatoms. The van der Waals surface area contributed by atoms with Crippen molar-refractivity contribution in [3.63, 3.8) is 0 Å². The van der Waals surface area contributed by atoms with Gasteiger partial charge in [-0.25, -0.2) is 8.42 Å². The van der Waals surface area contributed by atoms with E-state index in [4.69, 9.17) is 0 Å². The lowest BCUT2D eigenvalue weighted by Gasteiger charge is -2.15. The predicted octanol–water partition coefficient (Wildman–Crippen LogP) is 4.94. The van der Waals surface area contributed by atoms with Crippen LogP contribution in [0, 0.1) is 20.8 Å². The molecule has 2 rings (SSSR count). The van der Waals surface area contributed by atoms with Crippen LogP contribution in [0.15, 0.2) is 44.2 Å². The minimum Gasteiger partial charge on any atom is -0.277 e. The average molecular weight is 433 g/mol. The van der Waals surface area contributed by atoms with E-state index < -0.39 is 10.0 Å². The van der Waals surface area contributed by atoms with Gasteiger partial charge in [0.1, 0.15) is 0 Å². The van der Waals surface area contributed by atoms with Crippen molar-refractivity contribution in [1.29, 1.82) is 0 Å². The molecule has 3 nitrogen and oxygen atoms in total. The Morgan fingerprint density at radius 2 is 1.57 bits per heavy atom. The Morgan fingerprint density at radius 1 is 1.00 bits per heavy atom. The van der Waals surface area contributed by atoms with Gasteiger partial charge in [-0.05, 0) is 82.0 Å². The molecule has 0 amide bonds. The monoisotopic (exact) mass is 431 g/mol. The molecule has 21 heavy (non-hydrogen) atoms. The highest BCUT2D eigenvalue weighted by molar-refractivity contribution is 9.11. The first-order valence-corrected chi connectivity index (χ1v) is 9.34. The third kappa shape index (κ3) is 3.49. The standard InChI is InChI=1S/C15H15Br2NO2S/c1-9-4-6-12(7-5-9)21(19,20)18-15-13(16)8-10(2)11(3)14(15)17/h4-8,18H,1-3H3. The van der Waals surface area contributed by atoms with Crippen LogP contribution in [-0.4, -0.2) is 8.42 Å². The van der Waals surface area contributed by atoms with E-state index in [9.17, 15) is 8.42 Å². The number of hydrogen-bond donors (Lipinski definition) is 1. The number of aryl methyl sites for hydroxylation is 2. The molecule has 1 N–H and O–H groups in total. The second-order valence-electron chi connectivity index (χ2n) is 4.91. The van der Waals surface area contributed by atoms with Crippen LogP contribution in [0.3, 0.4) is 0 Å². The van der Waals surface area contributed by atoms with Crippen LogP contribution in [0.1, 0.15) is 16.7 Å². The Bertz CT molecular complexity index is 784. The summed E-state index contributed by atoms with van der Waals surface area (Å²) in [6.07, 6.45) is 0. The van der Waals surface area contributed by atoms with E-state index in [1.807, 2.05) is 26.8 Å². The number of sulfonamides is 1. The van der Waals surface area contributed by atoms with Crippen molar-refractivity contribution in [2.24, 2.45) is 0 Å². The van der Waals surface area contributed by atoms with E-state index in [1.165, 1.54) is 0 Å². The molecule has 0 atom stereocenters. The summed E-state index contributed by atoms with van der Waals surface area (Å²) in [6, 6.07) is 8.65. The maximum Gasteiger partial charge on any atom is 0.261 e. The Labute approximate surface area is 142 Å². The SMILES string of the molecule is Cc1ccc(S(=O)(=O)Nc2c(Br)cc(C)c(C)c2Br)cc1. The molecule has 2 aromatic carbocycles. The second kappa shape index (κ2) is 6.10. The van der Waals surface area contributed by atoms with Gasteiger partial charge in [0.05, 0.1) is 10.6 Å². The maximum absolute atomic E-state index is 12.5. The molecule has 2 aromatic rings. The summed E-state index contributed by atoms with van der Waals surface area (Å²) in [7, 11) is -3.61. The molecule has 0 bridgehead atoms. The first-order chi connectivity index (χ1) is 9.72. The van der Waals surface area contributed by atoms with Crippen molar-refractivity contribution in [3.05, 3.63) is 56.0 Å². The van der Waals surface area contributed by atoms with Gasteiger partial charge in [0.15, 0.2) is 0 Å². The van der Waals surface area contributed by atoms with Gasteiger partial charge in [-0.3, -0.25) is 4.72 Å². The lowest BCUT2D eigenvalue weighted by molar-refractivity contribution is 0.601. The molecule has 0 heterocycles. The molecular formula is C15H15Br2NO2S. The van der Waals surface area contributed by atoms with Gasteiger partial charge in [-0.2, -0.15) is 0 Å². The predicted molar refractivity (Wildman–Crippen MR) is 93.3 cm³/mol. The van der Waals surface area contributed by atoms with Gasteiger partial charge in [0.25, 0.3) is 10.0 Å². The molecule has 0 aliphatic carbocycles. The fourth-order valence-electron chi connectivity index (χ4n) is 1.84. The summed E-state index contributed by atoms with van der Waals surface area (Å²) < 4.78 is 29.0. The molecule has 0 saturated heterocycles. The number of anilines is 1. The van der Waals surface area contributed by atoms with Crippen LogP contribution in [0.25, 0.3) is 0 Å². The largest absolute Gasteiger partial charge is 0.277 e. The van der Waals surface area contributed by atoms with Gasteiger partial charge >= 0.3 is 0 Å². The zero-order valence-electron chi connectivity index (χ0n) is 11.9. The quantitative estimate of drug-likeness (QED) is 0.746. The second-order valence-corrected chi connectivity index (χ2v) is 8.24. The topological polar surface area (TPSA) is 46.2 Å². The Kier molecular flexibility index (Phi) is 4.80. The number of nitrogens with one attached hydrogen (secondary N) is 1. The molecular weight excluding hydrogens is 418 g/mol. The molecule has 0 aliphatic heterocycles. The van der Waals surface area contributed by atoms with Crippen molar-refractivity contribution in [1.82, 2.24) is 0 Å². The summed E-state index contributed by atoms with van der Waals surface area (Å²) in [4.78, 5) is 0.241. The smallest absolute Gasteiger partial charge is 0.261 e. The van der Waals surface area contributed by atoms with Gasteiger partial charge < -0.3 is 0 Å². The molecule has 0 aliphatic rings. The van der Waals surface area contributed by atoms with Crippen molar-refractivity contribution in [2.75, 3.05) is 4.72 Å². The van der Waals surface area contributed by atoms with Crippen molar-refractivity contribution in [2.45, 2.75) is 25.7 Å². The summed E-state index contributed by atoms with van der Waals surface area (Å²) in [6.45, 7) is 5.83. The summed E-state index contributed by atoms with van der Waals surface area (Å²) in [5.74, 6) is 0. The van der Waals surface area contributed by atoms with Crippen LogP contribution >= 0.6 is 31.9 Å². The van der Waals surface area contributed by atoms with E-state index in [0.29, 0.717) is 10.2 Å². The normalized spacial score (nSPS) is 11.5. The lowest BCUT2D eigenvalue weighted by Crippen LogP contribution is -2.14. The summed E-state index contributed by atoms with van der Waals surface area (Å²) >= 11 is 6.87. The van der Waals surface area contributed by atoms with E-state index in [0.717, 1.165) is 21.2 Å². The van der Waals surface area contributed by atoms with Crippen LogP contribution in [0.2, 0.25) is 0 Å². The Balaban J connectivity index is 2.47. The molecule has 0 spiro atoms. The highest BCUT2D eigenvalue weighted by Crippen LogP contribution is 2.36. The van der Waals surface area contributed by atoms with Crippen LogP contribution < -0.4 is 4.72 Å². The van der Waals surface area contributed by atoms with E-state index >= 15 is 0 Å². The van der Waals surface area contributed by atoms with Gasteiger partial charge in [0.2, 0.25) is 0 Å². The van der Waals surface area contributed by atoms with Crippen molar-refractivity contribution in [3.8, 4) is 0 Å². The van der Waals surface area contributed by atoms with E-state index in [1.54, 1.807) is 24.3 Å². The highest BCUT2D eigenvalue weighted by atomic mass is 79.9. The molecule has 0 radical (unpaired) electrons. The Hall–Kier alpha value is -0.850. The van der Waals surface area contributed by atoms with Crippen molar-refractivity contribution < 1.29 is 8.42 Å². The minimum absolute atomic E-state index is 0.241. The first kappa shape index (κ1) is 16.5. The number of benzene rings is 2. The highest BCUT2D eigenvalue weighted by Gasteiger charge is 2.19. The molecule has 0 aromatic heterocycles. The molecule has 0 unspecified atom stereocenters. The van der Waals surface area contributed by atoms with Gasteiger partial charge in [-0.1, -0.05) is 17.7 Å². The maximum atomic E-state index is 12.5. The molecule has 0 saturated carbocycles. The van der Waals surface area contributed by atoms with Gasteiger partial charge in [-0.15, -0.1) is 0 Å². The average Bonchev–Trinajstić information content (AvgIpc) is 2.42. The first-order valence-electron chi connectivity index (χ1n) is 6.27. The molecule has 112 valence electrons. The zero-order chi connectivity index (χ0) is 15.8. The van der Waals surface area contributed by atoms with E-state index in [-0.39, 0.29) is 4.90 Å². The number of hydrogen-bond acceptors (Lipinski definition) is 2. The van der Waals surface area contributed by atoms with Crippen LogP contribution in [0.4, 0.5) is 5.69 Å². The van der Waals surface area contributed by atoms with E-state index in [2.05, 4.69) is 36.6 Å². The number of halogens is 2. The molecule has 0 fully saturated rings. The fourth-order valence-corrected chi connectivity index (χ4v) is 4.73. The third-order valence-electron chi connectivity index (χ3n) is 3.29. The number of rotatable bonds is 3. The van der Waals surface area contributed by atoms with Crippen molar-refractivity contribution >= 4 is 47.6 Å². The van der Waals surface area contributed by atoms with Gasteiger partial charge in [0, 0.05) is 8.95 Å². The van der Waals surface area contributed by atoms with Crippen LogP contribution in [-0.2, 0) is 10.0 Å². The van der Waals surface area contributed by atoms with Crippen LogP contribution in [0.5, 0.6) is 0 Å². The Morgan fingerprint density at radius 3 is 2.14 bits per heavy atom. The summed E-state index contributed by atoms with van der Waals surface area (Å²) in [5, 5.41) is 0. The third-order valence-corrected chi connectivity index (χ3v) is 6.27. The lowest BCUT2D eigenvalue weighted by atomic mass is 10.1. The summed E-state index contributed by atoms with van der Waals surface area (Å²) in [5.41, 5.74) is 3.60. The zero-order valence-corrected chi connectivity index (χ0v) is 15.9. The fraction of sp³-hybridized carbons (Fsp3) is 0.200. The minimum atomic E-state index is -3.61.